The van der Waals surface area contributed by atoms with Gasteiger partial charge < -0.3 is 14.2 Å². The molecule has 1 aromatic carbocycles. The second-order valence-electron chi connectivity index (χ2n) is 5.89. The fourth-order valence-corrected chi connectivity index (χ4v) is 2.86. The van der Waals surface area contributed by atoms with Crippen molar-refractivity contribution in [2.75, 3.05) is 31.1 Å². The van der Waals surface area contributed by atoms with Gasteiger partial charge in [0.2, 0.25) is 5.89 Å². The smallest absolute Gasteiger partial charge is 0.311 e. The summed E-state index contributed by atoms with van der Waals surface area (Å²) in [7, 11) is 0. The molecule has 4 rings (SSSR count). The molecule has 26 heavy (non-hydrogen) atoms. The third-order valence-corrected chi connectivity index (χ3v) is 4.22. The highest BCUT2D eigenvalue weighted by Crippen LogP contribution is 2.20. The van der Waals surface area contributed by atoms with Crippen LogP contribution in [0.15, 0.2) is 53.1 Å². The Balaban J connectivity index is 1.43. The zero-order chi connectivity index (χ0) is 17.9. The van der Waals surface area contributed by atoms with Gasteiger partial charge in [-0.05, 0) is 30.3 Å². The molecule has 0 unspecified atom stereocenters. The number of hydrogen-bond acceptors (Lipinski definition) is 6. The average molecular weight is 353 g/mol. The molecule has 1 amide bonds. The molecular formula is C18H16FN5O2. The zero-order valence-corrected chi connectivity index (χ0v) is 13.9. The Bertz CT molecular complexity index is 907. The van der Waals surface area contributed by atoms with Crippen molar-refractivity contribution in [2.24, 2.45) is 0 Å². The topological polar surface area (TPSA) is 75.4 Å². The number of benzene rings is 1. The zero-order valence-electron chi connectivity index (χ0n) is 13.9. The second-order valence-corrected chi connectivity index (χ2v) is 5.89. The molecule has 1 saturated heterocycles. The molecule has 0 saturated carbocycles. The van der Waals surface area contributed by atoms with Crippen LogP contribution in [0.4, 0.5) is 10.2 Å². The lowest BCUT2D eigenvalue weighted by Gasteiger charge is -2.34. The number of nitrogens with zero attached hydrogens (tertiary/aromatic N) is 5. The fourth-order valence-electron chi connectivity index (χ4n) is 2.86. The molecular weight excluding hydrogens is 337 g/mol. The summed E-state index contributed by atoms with van der Waals surface area (Å²) in [4.78, 5) is 20.7. The minimum atomic E-state index is -0.404. The number of amides is 1. The number of piperazine rings is 1. The molecule has 2 aromatic heterocycles. The Kier molecular flexibility index (Phi) is 4.30. The number of carbonyl (C=O) groups is 1. The standard InChI is InChI=1S/C18H16FN5O2/c19-14-5-3-4-13(12-14)16-21-22-17(26-16)18(25)24-10-8-23(9-11-24)15-6-1-2-7-20-15/h1-7,12H,8-11H2. The first kappa shape index (κ1) is 16.2. The van der Waals surface area contributed by atoms with Crippen molar-refractivity contribution in [2.45, 2.75) is 0 Å². The molecule has 0 spiro atoms. The number of aromatic nitrogens is 3. The lowest BCUT2D eigenvalue weighted by atomic mass is 10.2. The minimum absolute atomic E-state index is 0.0875. The van der Waals surface area contributed by atoms with Crippen molar-refractivity contribution in [1.29, 1.82) is 0 Å². The van der Waals surface area contributed by atoms with Gasteiger partial charge in [0.15, 0.2) is 0 Å². The number of anilines is 1. The van der Waals surface area contributed by atoms with Gasteiger partial charge in [-0.1, -0.05) is 12.1 Å². The molecule has 1 aliphatic rings. The molecule has 0 aliphatic carbocycles. The van der Waals surface area contributed by atoms with Crippen LogP contribution in [0, 0.1) is 5.82 Å². The van der Waals surface area contributed by atoms with Gasteiger partial charge in [0.25, 0.3) is 0 Å². The third kappa shape index (κ3) is 3.26. The van der Waals surface area contributed by atoms with Gasteiger partial charge in [-0.2, -0.15) is 0 Å². The lowest BCUT2D eigenvalue weighted by Crippen LogP contribution is -2.49. The first-order valence-corrected chi connectivity index (χ1v) is 8.25. The molecule has 7 nitrogen and oxygen atoms in total. The van der Waals surface area contributed by atoms with Crippen molar-refractivity contribution in [3.05, 3.63) is 60.4 Å². The van der Waals surface area contributed by atoms with Crippen LogP contribution in [0.5, 0.6) is 0 Å². The summed E-state index contributed by atoms with van der Waals surface area (Å²) in [6, 6.07) is 11.6. The van der Waals surface area contributed by atoms with E-state index in [0.29, 0.717) is 31.7 Å². The van der Waals surface area contributed by atoms with Gasteiger partial charge in [-0.3, -0.25) is 4.79 Å². The third-order valence-electron chi connectivity index (χ3n) is 4.22. The predicted octanol–water partition coefficient (Wildman–Crippen LogP) is 2.23. The van der Waals surface area contributed by atoms with Gasteiger partial charge in [0.05, 0.1) is 0 Å². The molecule has 132 valence electrons. The van der Waals surface area contributed by atoms with Crippen molar-refractivity contribution >= 4 is 11.7 Å². The molecule has 1 aliphatic heterocycles. The van der Waals surface area contributed by atoms with Gasteiger partial charge in [-0.25, -0.2) is 9.37 Å². The Morgan fingerprint density at radius 3 is 2.62 bits per heavy atom. The van der Waals surface area contributed by atoms with E-state index >= 15 is 0 Å². The van der Waals surface area contributed by atoms with Crippen LogP contribution >= 0.6 is 0 Å². The Morgan fingerprint density at radius 2 is 1.88 bits per heavy atom. The van der Waals surface area contributed by atoms with Gasteiger partial charge >= 0.3 is 11.8 Å². The quantitative estimate of drug-likeness (QED) is 0.719. The normalized spacial score (nSPS) is 14.5. The SMILES string of the molecule is O=C(c1nnc(-c2cccc(F)c2)o1)N1CCN(c2ccccn2)CC1. The maximum absolute atomic E-state index is 13.3. The van der Waals surface area contributed by atoms with Gasteiger partial charge in [0, 0.05) is 37.9 Å². The maximum atomic E-state index is 13.3. The summed E-state index contributed by atoms with van der Waals surface area (Å²) in [5.74, 6) is 0.210. The van der Waals surface area contributed by atoms with Crippen molar-refractivity contribution < 1.29 is 13.6 Å². The summed E-state index contributed by atoms with van der Waals surface area (Å²) in [5, 5.41) is 7.67. The Morgan fingerprint density at radius 1 is 1.04 bits per heavy atom. The molecule has 0 radical (unpaired) electrons. The Hall–Kier alpha value is -3.29. The number of halogens is 1. The van der Waals surface area contributed by atoms with E-state index < -0.39 is 5.82 Å². The Labute approximate surface area is 149 Å². The number of hydrogen-bond donors (Lipinski definition) is 0. The number of rotatable bonds is 3. The van der Waals surface area contributed by atoms with Crippen molar-refractivity contribution in [1.82, 2.24) is 20.1 Å². The molecule has 0 bridgehead atoms. The van der Waals surface area contributed by atoms with Crippen LogP contribution in [0.3, 0.4) is 0 Å². The summed E-state index contributed by atoms with van der Waals surface area (Å²) in [5.41, 5.74) is 0.441. The van der Waals surface area contributed by atoms with Crippen molar-refractivity contribution in [3.63, 3.8) is 0 Å². The van der Waals surface area contributed by atoms with Crippen LogP contribution in [0.2, 0.25) is 0 Å². The van der Waals surface area contributed by atoms with Crippen LogP contribution in [-0.4, -0.2) is 52.2 Å². The average Bonchev–Trinajstić information content (AvgIpc) is 3.18. The molecule has 8 heteroatoms. The lowest BCUT2D eigenvalue weighted by molar-refractivity contribution is 0.0707. The molecule has 3 heterocycles. The van der Waals surface area contributed by atoms with E-state index in [-0.39, 0.29) is 17.7 Å². The molecule has 0 atom stereocenters. The number of carbonyl (C=O) groups excluding carboxylic acids is 1. The summed E-state index contributed by atoms with van der Waals surface area (Å²) in [6.07, 6.45) is 1.75. The van der Waals surface area contributed by atoms with Crippen LogP contribution < -0.4 is 4.90 Å². The summed E-state index contributed by atoms with van der Waals surface area (Å²) < 4.78 is 18.8. The molecule has 0 N–H and O–H groups in total. The van der Waals surface area contributed by atoms with E-state index in [4.69, 9.17) is 4.42 Å². The van der Waals surface area contributed by atoms with Crippen LogP contribution in [0.1, 0.15) is 10.7 Å². The fraction of sp³-hybridized carbons (Fsp3) is 0.222. The summed E-state index contributed by atoms with van der Waals surface area (Å²) >= 11 is 0. The van der Waals surface area contributed by atoms with E-state index in [1.807, 2.05) is 18.2 Å². The minimum Gasteiger partial charge on any atom is -0.412 e. The molecule has 3 aromatic rings. The van der Waals surface area contributed by atoms with Crippen LogP contribution in [0.25, 0.3) is 11.5 Å². The highest BCUT2D eigenvalue weighted by atomic mass is 19.1. The monoisotopic (exact) mass is 353 g/mol. The van der Waals surface area contributed by atoms with Gasteiger partial charge in [0.1, 0.15) is 11.6 Å². The number of pyridine rings is 1. The van der Waals surface area contributed by atoms with E-state index in [1.165, 1.54) is 12.1 Å². The van der Waals surface area contributed by atoms with E-state index in [1.54, 1.807) is 23.2 Å². The maximum Gasteiger partial charge on any atom is 0.311 e. The highest BCUT2D eigenvalue weighted by molar-refractivity contribution is 5.90. The van der Waals surface area contributed by atoms with E-state index in [2.05, 4.69) is 20.1 Å². The largest absolute Gasteiger partial charge is 0.412 e. The van der Waals surface area contributed by atoms with Gasteiger partial charge in [-0.15, -0.1) is 10.2 Å². The molecule has 1 fully saturated rings. The van der Waals surface area contributed by atoms with Crippen LogP contribution in [-0.2, 0) is 0 Å². The second kappa shape index (κ2) is 6.91. The van der Waals surface area contributed by atoms with E-state index in [9.17, 15) is 9.18 Å². The van der Waals surface area contributed by atoms with Crippen molar-refractivity contribution in [3.8, 4) is 11.5 Å². The summed E-state index contributed by atoms with van der Waals surface area (Å²) in [6.45, 7) is 2.42. The first-order valence-electron chi connectivity index (χ1n) is 8.25. The highest BCUT2D eigenvalue weighted by Gasteiger charge is 2.26. The van der Waals surface area contributed by atoms with E-state index in [0.717, 1.165) is 5.82 Å². The first-order chi connectivity index (χ1) is 12.7. The predicted molar refractivity (Wildman–Crippen MR) is 92.0 cm³/mol.